The van der Waals surface area contributed by atoms with Gasteiger partial charge in [-0.2, -0.15) is 10.2 Å². The third-order valence-corrected chi connectivity index (χ3v) is 3.49. The number of halogens is 1. The Labute approximate surface area is 123 Å². The highest BCUT2D eigenvalue weighted by molar-refractivity contribution is 6.31. The maximum Gasteiger partial charge on any atom is 0.125 e. The molecule has 20 heavy (non-hydrogen) atoms. The van der Waals surface area contributed by atoms with Crippen LogP contribution in [0.15, 0.2) is 12.4 Å². The summed E-state index contributed by atoms with van der Waals surface area (Å²) in [5, 5.41) is 19.6. The smallest absolute Gasteiger partial charge is 0.125 e. The number of rotatable bonds is 5. The average molecular weight is 298 g/mol. The predicted octanol–water partition coefficient (Wildman–Crippen LogP) is 1.22. The van der Waals surface area contributed by atoms with Crippen molar-refractivity contribution in [2.24, 2.45) is 7.05 Å². The molecule has 6 nitrogen and oxygen atoms in total. The van der Waals surface area contributed by atoms with Crippen LogP contribution < -0.4 is 0 Å². The first-order valence-corrected chi connectivity index (χ1v) is 6.82. The molecule has 1 N–H and O–H groups in total. The molecule has 0 aliphatic carbocycles. The van der Waals surface area contributed by atoms with E-state index in [0.717, 1.165) is 17.8 Å². The SMILES string of the molecule is Cc1nn(C)cc1C(O)c1c(Cl)cnn1CCN(C)C. The van der Waals surface area contributed by atoms with Crippen molar-refractivity contribution in [1.29, 1.82) is 0 Å². The monoisotopic (exact) mass is 297 g/mol. The molecule has 0 saturated heterocycles. The lowest BCUT2D eigenvalue weighted by molar-refractivity contribution is 0.205. The summed E-state index contributed by atoms with van der Waals surface area (Å²) in [4.78, 5) is 2.06. The summed E-state index contributed by atoms with van der Waals surface area (Å²) < 4.78 is 3.43. The Kier molecular flexibility index (Phi) is 4.47. The number of aryl methyl sites for hydroxylation is 2. The Morgan fingerprint density at radius 2 is 2.15 bits per heavy atom. The second-order valence-corrected chi connectivity index (χ2v) is 5.56. The van der Waals surface area contributed by atoms with Gasteiger partial charge in [0.1, 0.15) is 6.10 Å². The van der Waals surface area contributed by atoms with Gasteiger partial charge in [0.05, 0.1) is 29.2 Å². The first kappa shape index (κ1) is 15.0. The number of nitrogens with zero attached hydrogens (tertiary/aromatic N) is 5. The van der Waals surface area contributed by atoms with Crippen molar-refractivity contribution in [3.05, 3.63) is 34.4 Å². The van der Waals surface area contributed by atoms with E-state index < -0.39 is 6.10 Å². The van der Waals surface area contributed by atoms with Crippen LogP contribution in [0.4, 0.5) is 0 Å². The largest absolute Gasteiger partial charge is 0.382 e. The summed E-state index contributed by atoms with van der Waals surface area (Å²) in [7, 11) is 5.81. The first-order chi connectivity index (χ1) is 9.40. The van der Waals surface area contributed by atoms with E-state index >= 15 is 0 Å². The second kappa shape index (κ2) is 5.95. The number of likely N-dealkylation sites (N-methyl/N-ethyl adjacent to an activating group) is 1. The van der Waals surface area contributed by atoms with Crippen molar-refractivity contribution in [3.8, 4) is 0 Å². The molecule has 2 aromatic heterocycles. The molecule has 2 aromatic rings. The lowest BCUT2D eigenvalue weighted by Gasteiger charge is -2.15. The zero-order valence-corrected chi connectivity index (χ0v) is 13.0. The maximum atomic E-state index is 10.6. The normalized spacial score (nSPS) is 13.2. The van der Waals surface area contributed by atoms with Crippen LogP contribution in [0.5, 0.6) is 0 Å². The predicted molar refractivity (Wildman–Crippen MR) is 77.8 cm³/mol. The molecule has 2 rings (SSSR count). The van der Waals surface area contributed by atoms with Gasteiger partial charge in [0, 0.05) is 25.4 Å². The fourth-order valence-corrected chi connectivity index (χ4v) is 2.39. The van der Waals surface area contributed by atoms with Crippen LogP contribution in [0.3, 0.4) is 0 Å². The third-order valence-electron chi connectivity index (χ3n) is 3.20. The molecular weight excluding hydrogens is 278 g/mol. The quantitative estimate of drug-likeness (QED) is 0.901. The Hall–Kier alpha value is -1.37. The number of aliphatic hydroxyl groups excluding tert-OH is 1. The summed E-state index contributed by atoms with van der Waals surface area (Å²) in [6.07, 6.45) is 2.56. The van der Waals surface area contributed by atoms with Gasteiger partial charge in [-0.3, -0.25) is 9.36 Å². The molecule has 0 bridgehead atoms. The van der Waals surface area contributed by atoms with Crippen molar-refractivity contribution in [3.63, 3.8) is 0 Å². The number of hydrogen-bond donors (Lipinski definition) is 1. The standard InChI is InChI=1S/C13H20ClN5O/c1-9-10(8-18(4)16-9)13(20)12-11(14)7-15-19(12)6-5-17(2)3/h7-8,13,20H,5-6H2,1-4H3. The molecule has 0 fully saturated rings. The van der Waals surface area contributed by atoms with Crippen LogP contribution >= 0.6 is 11.6 Å². The van der Waals surface area contributed by atoms with Gasteiger partial charge < -0.3 is 10.0 Å². The van der Waals surface area contributed by atoms with Crippen molar-refractivity contribution in [2.45, 2.75) is 19.6 Å². The second-order valence-electron chi connectivity index (χ2n) is 5.15. The van der Waals surface area contributed by atoms with E-state index in [-0.39, 0.29) is 0 Å². The fourth-order valence-electron chi connectivity index (χ4n) is 2.15. The first-order valence-electron chi connectivity index (χ1n) is 6.44. The topological polar surface area (TPSA) is 59.1 Å². The van der Waals surface area contributed by atoms with Crippen molar-refractivity contribution >= 4 is 11.6 Å². The van der Waals surface area contributed by atoms with E-state index in [1.807, 2.05) is 28.1 Å². The summed E-state index contributed by atoms with van der Waals surface area (Å²) in [6.45, 7) is 3.36. The molecule has 0 aliphatic rings. The molecule has 0 aromatic carbocycles. The number of aliphatic hydroxyl groups is 1. The van der Waals surface area contributed by atoms with Crippen LogP contribution in [0.1, 0.15) is 23.1 Å². The summed E-state index contributed by atoms with van der Waals surface area (Å²) in [5.74, 6) is 0. The molecule has 0 radical (unpaired) electrons. The van der Waals surface area contributed by atoms with Crippen molar-refractivity contribution in [1.82, 2.24) is 24.5 Å². The van der Waals surface area contributed by atoms with Crippen molar-refractivity contribution < 1.29 is 5.11 Å². The summed E-state index contributed by atoms with van der Waals surface area (Å²) in [6, 6.07) is 0. The van der Waals surface area contributed by atoms with Crippen LogP contribution in [0.2, 0.25) is 5.02 Å². The molecule has 0 aliphatic heterocycles. The van der Waals surface area contributed by atoms with E-state index in [1.54, 1.807) is 21.8 Å². The average Bonchev–Trinajstić information content (AvgIpc) is 2.89. The van der Waals surface area contributed by atoms with Gasteiger partial charge in [-0.15, -0.1) is 0 Å². The van der Waals surface area contributed by atoms with E-state index in [0.29, 0.717) is 17.3 Å². The minimum absolute atomic E-state index is 0.472. The maximum absolute atomic E-state index is 10.6. The van der Waals surface area contributed by atoms with Gasteiger partial charge >= 0.3 is 0 Å². The number of hydrogen-bond acceptors (Lipinski definition) is 4. The minimum Gasteiger partial charge on any atom is -0.382 e. The van der Waals surface area contributed by atoms with Crippen LogP contribution in [0, 0.1) is 6.92 Å². The van der Waals surface area contributed by atoms with Gasteiger partial charge in [-0.25, -0.2) is 0 Å². The van der Waals surface area contributed by atoms with Crippen LogP contribution in [-0.2, 0) is 13.6 Å². The van der Waals surface area contributed by atoms with Gasteiger partial charge in [0.2, 0.25) is 0 Å². The van der Waals surface area contributed by atoms with Gasteiger partial charge in [-0.1, -0.05) is 11.6 Å². The number of aromatic nitrogens is 4. The lowest BCUT2D eigenvalue weighted by atomic mass is 10.1. The molecular formula is C13H20ClN5O. The zero-order chi connectivity index (χ0) is 14.9. The Balaban J connectivity index is 2.31. The molecule has 7 heteroatoms. The highest BCUT2D eigenvalue weighted by Gasteiger charge is 2.23. The molecule has 0 saturated carbocycles. The Morgan fingerprint density at radius 3 is 2.70 bits per heavy atom. The molecule has 1 unspecified atom stereocenters. The molecule has 110 valence electrons. The van der Waals surface area contributed by atoms with E-state index in [2.05, 4.69) is 15.1 Å². The third kappa shape index (κ3) is 3.03. The zero-order valence-electron chi connectivity index (χ0n) is 12.2. The molecule has 0 spiro atoms. The molecule has 2 heterocycles. The minimum atomic E-state index is -0.819. The fraction of sp³-hybridized carbons (Fsp3) is 0.538. The molecule has 1 atom stereocenters. The van der Waals surface area contributed by atoms with Gasteiger partial charge in [0.15, 0.2) is 0 Å². The highest BCUT2D eigenvalue weighted by atomic mass is 35.5. The Bertz CT molecular complexity index is 590. The molecule has 0 amide bonds. The van der Waals surface area contributed by atoms with Crippen molar-refractivity contribution in [2.75, 3.05) is 20.6 Å². The van der Waals surface area contributed by atoms with Gasteiger partial charge in [-0.05, 0) is 21.0 Å². The van der Waals surface area contributed by atoms with E-state index in [1.165, 1.54) is 0 Å². The van der Waals surface area contributed by atoms with Crippen LogP contribution in [0.25, 0.3) is 0 Å². The Morgan fingerprint density at radius 1 is 1.45 bits per heavy atom. The summed E-state index contributed by atoms with van der Waals surface area (Å²) >= 11 is 6.18. The van der Waals surface area contributed by atoms with E-state index in [4.69, 9.17) is 11.6 Å². The summed E-state index contributed by atoms with van der Waals surface area (Å²) in [5.41, 5.74) is 2.15. The lowest BCUT2D eigenvalue weighted by Crippen LogP contribution is -2.21. The highest BCUT2D eigenvalue weighted by Crippen LogP contribution is 2.29. The van der Waals surface area contributed by atoms with E-state index in [9.17, 15) is 5.11 Å². The van der Waals surface area contributed by atoms with Gasteiger partial charge in [0.25, 0.3) is 0 Å². The van der Waals surface area contributed by atoms with Crippen LogP contribution in [-0.4, -0.2) is 50.2 Å².